The van der Waals surface area contributed by atoms with E-state index in [9.17, 15) is 9.59 Å². The second-order valence-corrected chi connectivity index (χ2v) is 9.07. The Morgan fingerprint density at radius 1 is 1.15 bits per heavy atom. The third-order valence-corrected chi connectivity index (χ3v) is 6.93. The zero-order chi connectivity index (χ0) is 23.8. The monoisotopic (exact) mass is 470 g/mol. The van der Waals surface area contributed by atoms with Gasteiger partial charge in [0.1, 0.15) is 5.01 Å². The van der Waals surface area contributed by atoms with E-state index in [4.69, 9.17) is 10.1 Å². The summed E-state index contributed by atoms with van der Waals surface area (Å²) in [5, 5.41) is 14.9. The molecule has 7 nitrogen and oxygen atoms in total. The van der Waals surface area contributed by atoms with Gasteiger partial charge in [0.2, 0.25) is 0 Å². The Labute approximate surface area is 200 Å². The Bertz CT molecular complexity index is 1450. The van der Waals surface area contributed by atoms with Gasteiger partial charge in [-0.05, 0) is 61.7 Å². The first kappa shape index (κ1) is 21.8. The summed E-state index contributed by atoms with van der Waals surface area (Å²) >= 11 is 1.56. The number of aromatic nitrogens is 3. The number of carbonyl (C=O) groups is 2. The lowest BCUT2D eigenvalue weighted by Crippen LogP contribution is -2.03. The summed E-state index contributed by atoms with van der Waals surface area (Å²) in [5.41, 5.74) is 8.62. The maximum atomic E-state index is 12.8. The summed E-state index contributed by atoms with van der Waals surface area (Å²) in [5.74, 6) is -0.993. The van der Waals surface area contributed by atoms with Crippen LogP contribution in [0.2, 0.25) is 0 Å². The van der Waals surface area contributed by atoms with Gasteiger partial charge in [0.25, 0.3) is 5.91 Å². The highest BCUT2D eigenvalue weighted by Gasteiger charge is 2.26. The number of nitrogens with one attached hydrogen (secondary N) is 2. The molecule has 0 fully saturated rings. The molecule has 3 N–H and O–H groups in total. The van der Waals surface area contributed by atoms with Crippen molar-refractivity contribution in [3.63, 3.8) is 0 Å². The fourth-order valence-corrected chi connectivity index (χ4v) is 5.07. The van der Waals surface area contributed by atoms with E-state index in [1.165, 1.54) is 0 Å². The van der Waals surface area contributed by atoms with Crippen molar-refractivity contribution < 1.29 is 14.7 Å². The Morgan fingerprint density at radius 3 is 2.71 bits per heavy atom. The Morgan fingerprint density at radius 2 is 1.94 bits per heavy atom. The SMILES string of the molecule is Cc1[nH]c(/C=C2\C(=O)Nc3ccc(-c4csc(-c5ccncc5)n4)cc32)c(C)c1CCC(=O)O. The summed E-state index contributed by atoms with van der Waals surface area (Å²) in [7, 11) is 0. The fourth-order valence-electron chi connectivity index (χ4n) is 4.23. The molecule has 0 aliphatic carbocycles. The minimum atomic E-state index is -0.828. The van der Waals surface area contributed by atoms with Crippen molar-refractivity contribution in [3.05, 3.63) is 76.2 Å². The van der Waals surface area contributed by atoms with Gasteiger partial charge in [-0.1, -0.05) is 6.07 Å². The molecule has 3 aromatic heterocycles. The molecule has 8 heteroatoms. The maximum absolute atomic E-state index is 12.8. The number of nitrogens with zero attached hydrogens (tertiary/aromatic N) is 2. The van der Waals surface area contributed by atoms with Gasteiger partial charge in [-0.2, -0.15) is 0 Å². The van der Waals surface area contributed by atoms with E-state index in [1.54, 1.807) is 23.7 Å². The number of amides is 1. The van der Waals surface area contributed by atoms with Gasteiger partial charge >= 0.3 is 5.97 Å². The van der Waals surface area contributed by atoms with Crippen molar-refractivity contribution in [2.75, 3.05) is 5.32 Å². The van der Waals surface area contributed by atoms with Crippen molar-refractivity contribution in [2.24, 2.45) is 0 Å². The Balaban J connectivity index is 1.50. The lowest BCUT2D eigenvalue weighted by molar-refractivity contribution is -0.137. The van der Waals surface area contributed by atoms with Crippen molar-refractivity contribution in [3.8, 4) is 21.8 Å². The Kier molecular flexibility index (Phi) is 5.59. The highest BCUT2D eigenvalue weighted by molar-refractivity contribution is 7.13. The van der Waals surface area contributed by atoms with Gasteiger partial charge in [-0.3, -0.25) is 14.6 Å². The van der Waals surface area contributed by atoms with E-state index in [0.29, 0.717) is 12.0 Å². The predicted octanol–water partition coefficient (Wildman–Crippen LogP) is 5.33. The van der Waals surface area contributed by atoms with Crippen molar-refractivity contribution >= 4 is 40.5 Å². The Hall–Kier alpha value is -4.04. The molecule has 0 unspecified atom stereocenters. The molecule has 0 atom stereocenters. The first-order valence-corrected chi connectivity index (χ1v) is 11.7. The van der Waals surface area contributed by atoms with Gasteiger partial charge in [-0.25, -0.2) is 4.98 Å². The van der Waals surface area contributed by atoms with Crippen LogP contribution in [0, 0.1) is 13.8 Å². The number of hydrogen-bond acceptors (Lipinski definition) is 5. The molecular formula is C26H22N4O3S. The molecule has 170 valence electrons. The number of carbonyl (C=O) groups excluding carboxylic acids is 1. The smallest absolute Gasteiger partial charge is 0.303 e. The molecular weight excluding hydrogens is 448 g/mol. The molecule has 5 rings (SSSR count). The minimum absolute atomic E-state index is 0.0668. The van der Waals surface area contributed by atoms with Crippen LogP contribution < -0.4 is 5.32 Å². The molecule has 0 saturated carbocycles. The number of rotatable bonds is 6. The van der Waals surface area contributed by atoms with Gasteiger partial charge < -0.3 is 15.4 Å². The van der Waals surface area contributed by atoms with E-state index >= 15 is 0 Å². The molecule has 1 aliphatic heterocycles. The first-order chi connectivity index (χ1) is 16.4. The zero-order valence-corrected chi connectivity index (χ0v) is 19.5. The van der Waals surface area contributed by atoms with Crippen molar-refractivity contribution in [2.45, 2.75) is 26.7 Å². The number of anilines is 1. The van der Waals surface area contributed by atoms with Crippen LogP contribution in [0.25, 0.3) is 33.5 Å². The standard InChI is InChI=1S/C26H22N4O3S/c1-14-18(4-6-24(31)32)15(2)28-22(14)12-20-19-11-17(3-5-21(19)29-25(20)33)23-13-34-26(30-23)16-7-9-27-10-8-16/h3,5,7-13,28H,4,6H2,1-2H3,(H,29,33)(H,31,32)/b20-12-. The highest BCUT2D eigenvalue weighted by atomic mass is 32.1. The quantitative estimate of drug-likeness (QED) is 0.330. The molecule has 4 aromatic rings. The molecule has 4 heterocycles. The van der Waals surface area contributed by atoms with Gasteiger partial charge in [0.15, 0.2) is 0 Å². The number of aliphatic carboxylic acids is 1. The number of pyridine rings is 1. The second-order valence-electron chi connectivity index (χ2n) is 8.21. The average molecular weight is 471 g/mol. The number of carboxylic acids is 1. The topological polar surface area (TPSA) is 108 Å². The van der Waals surface area contributed by atoms with E-state index in [1.807, 2.05) is 55.6 Å². The molecule has 0 bridgehead atoms. The van der Waals surface area contributed by atoms with Crippen molar-refractivity contribution in [1.82, 2.24) is 15.0 Å². The largest absolute Gasteiger partial charge is 0.481 e. The predicted molar refractivity (Wildman–Crippen MR) is 134 cm³/mol. The molecule has 0 spiro atoms. The number of H-pyrrole nitrogens is 1. The average Bonchev–Trinajstić information content (AvgIpc) is 3.50. The van der Waals surface area contributed by atoms with Gasteiger partial charge in [0.05, 0.1) is 11.3 Å². The summed E-state index contributed by atoms with van der Waals surface area (Å²) < 4.78 is 0. The molecule has 0 saturated heterocycles. The normalized spacial score (nSPS) is 13.8. The number of aromatic amines is 1. The third kappa shape index (κ3) is 4.04. The lowest BCUT2D eigenvalue weighted by Gasteiger charge is -2.03. The number of hydrogen-bond donors (Lipinski definition) is 3. The number of carboxylic acid groups (broad SMARTS) is 1. The number of thiazole rings is 1. The van der Waals surface area contributed by atoms with Crippen LogP contribution in [0.4, 0.5) is 5.69 Å². The summed E-state index contributed by atoms with van der Waals surface area (Å²) in [6, 6.07) is 9.71. The third-order valence-electron chi connectivity index (χ3n) is 6.04. The fraction of sp³-hybridized carbons (Fsp3) is 0.154. The number of aryl methyl sites for hydroxylation is 1. The van der Waals surface area contributed by atoms with Crippen LogP contribution in [0.3, 0.4) is 0 Å². The van der Waals surface area contributed by atoms with E-state index < -0.39 is 5.97 Å². The summed E-state index contributed by atoms with van der Waals surface area (Å²) in [4.78, 5) is 36.0. The maximum Gasteiger partial charge on any atom is 0.303 e. The molecule has 34 heavy (non-hydrogen) atoms. The van der Waals surface area contributed by atoms with E-state index in [0.717, 1.165) is 55.6 Å². The van der Waals surface area contributed by atoms with Crippen LogP contribution in [-0.4, -0.2) is 31.9 Å². The van der Waals surface area contributed by atoms with Crippen LogP contribution >= 0.6 is 11.3 Å². The second kappa shape index (κ2) is 8.72. The van der Waals surface area contributed by atoms with E-state index in [2.05, 4.69) is 15.3 Å². The molecule has 0 radical (unpaired) electrons. The summed E-state index contributed by atoms with van der Waals surface area (Å²) in [6.07, 6.45) is 5.86. The molecule has 1 aromatic carbocycles. The lowest BCUT2D eigenvalue weighted by atomic mass is 10.00. The van der Waals surface area contributed by atoms with Crippen LogP contribution in [-0.2, 0) is 16.0 Å². The highest BCUT2D eigenvalue weighted by Crippen LogP contribution is 2.38. The first-order valence-electron chi connectivity index (χ1n) is 10.8. The summed E-state index contributed by atoms with van der Waals surface area (Å²) in [6.45, 7) is 3.88. The van der Waals surface area contributed by atoms with Crippen LogP contribution in [0.1, 0.15) is 34.5 Å². The van der Waals surface area contributed by atoms with Crippen LogP contribution in [0.5, 0.6) is 0 Å². The zero-order valence-electron chi connectivity index (χ0n) is 18.7. The number of fused-ring (bicyclic) bond motifs is 1. The van der Waals surface area contributed by atoms with Gasteiger partial charge in [0, 0.05) is 58.0 Å². The minimum Gasteiger partial charge on any atom is -0.481 e. The van der Waals surface area contributed by atoms with E-state index in [-0.39, 0.29) is 12.3 Å². The van der Waals surface area contributed by atoms with Crippen molar-refractivity contribution in [1.29, 1.82) is 0 Å². The molecule has 1 amide bonds. The van der Waals surface area contributed by atoms with Crippen LogP contribution in [0.15, 0.2) is 48.1 Å². The molecule has 1 aliphatic rings. The van der Waals surface area contributed by atoms with Gasteiger partial charge in [-0.15, -0.1) is 11.3 Å². The number of benzene rings is 1.